The third kappa shape index (κ3) is 2.75. The quantitative estimate of drug-likeness (QED) is 0.860. The molecule has 0 bridgehead atoms. The van der Waals surface area contributed by atoms with Gasteiger partial charge in [-0.2, -0.15) is 8.78 Å². The van der Waals surface area contributed by atoms with E-state index in [2.05, 4.69) is 15.9 Å². The summed E-state index contributed by atoms with van der Waals surface area (Å²) < 4.78 is 26.0. The van der Waals surface area contributed by atoms with Gasteiger partial charge in [0.05, 0.1) is 0 Å². The molecule has 1 rings (SSSR count). The maximum Gasteiger partial charge on any atom is 0.379 e. The minimum Gasteiger partial charge on any atom is -0.477 e. The van der Waals surface area contributed by atoms with E-state index in [1.807, 2.05) is 0 Å². The number of carboxylic acids is 1. The highest BCUT2D eigenvalue weighted by Crippen LogP contribution is 2.28. The predicted octanol–water partition coefficient (Wildman–Crippen LogP) is 2.80. The van der Waals surface area contributed by atoms with Crippen molar-refractivity contribution < 1.29 is 18.7 Å². The van der Waals surface area contributed by atoms with E-state index in [4.69, 9.17) is 5.11 Å². The number of hydrogen-bond donors (Lipinski definition) is 1. The van der Waals surface area contributed by atoms with Gasteiger partial charge < -0.3 is 5.11 Å². The molecule has 15 heavy (non-hydrogen) atoms. The van der Waals surface area contributed by atoms with Crippen LogP contribution in [-0.2, 0) is 17.1 Å². The molecule has 1 N–H and O–H groups in total. The number of carbonyl (C=O) groups is 1. The molecule has 0 saturated heterocycles. The maximum absolute atomic E-state index is 13.0. The molecular weight excluding hydrogens is 270 g/mol. The highest BCUT2D eigenvalue weighted by atomic mass is 79.9. The van der Waals surface area contributed by atoms with Gasteiger partial charge in [0, 0.05) is 10.9 Å². The fraction of sp³-hybridized carbons (Fsp3) is 0.300. The van der Waals surface area contributed by atoms with Crippen LogP contribution in [0.2, 0.25) is 0 Å². The monoisotopic (exact) mass is 278 g/mol. The molecule has 0 fully saturated rings. The molecule has 5 heteroatoms. The van der Waals surface area contributed by atoms with E-state index < -0.39 is 17.5 Å². The molecule has 0 radical (unpaired) electrons. The Morgan fingerprint density at radius 3 is 2.27 bits per heavy atom. The van der Waals surface area contributed by atoms with Gasteiger partial charge in [0.2, 0.25) is 0 Å². The van der Waals surface area contributed by atoms with Crippen LogP contribution in [0.1, 0.15) is 11.1 Å². The van der Waals surface area contributed by atoms with Crippen LogP contribution in [0.15, 0.2) is 24.3 Å². The Morgan fingerprint density at radius 1 is 1.33 bits per heavy atom. The Morgan fingerprint density at radius 2 is 1.87 bits per heavy atom. The summed E-state index contributed by atoms with van der Waals surface area (Å²) in [6.45, 7) is 0. The van der Waals surface area contributed by atoms with Gasteiger partial charge in [-0.1, -0.05) is 40.2 Å². The van der Waals surface area contributed by atoms with Crippen LogP contribution in [0.3, 0.4) is 0 Å². The zero-order valence-electron chi connectivity index (χ0n) is 7.71. The second-order valence-electron chi connectivity index (χ2n) is 3.02. The van der Waals surface area contributed by atoms with E-state index in [1.165, 1.54) is 12.1 Å². The van der Waals surface area contributed by atoms with Crippen LogP contribution in [0.25, 0.3) is 0 Å². The van der Waals surface area contributed by atoms with Crippen molar-refractivity contribution in [2.45, 2.75) is 12.3 Å². The summed E-state index contributed by atoms with van der Waals surface area (Å²) >= 11 is 3.23. The van der Waals surface area contributed by atoms with Crippen LogP contribution >= 0.6 is 15.9 Å². The van der Waals surface area contributed by atoms with Crippen molar-refractivity contribution in [3.05, 3.63) is 35.4 Å². The first-order valence-electron chi connectivity index (χ1n) is 4.25. The van der Waals surface area contributed by atoms with Crippen LogP contribution < -0.4 is 0 Å². The average molecular weight is 279 g/mol. The first-order valence-corrected chi connectivity index (χ1v) is 5.37. The van der Waals surface area contributed by atoms with Gasteiger partial charge in [0.15, 0.2) is 0 Å². The minimum absolute atomic E-state index is 0.492. The second kappa shape index (κ2) is 4.70. The smallest absolute Gasteiger partial charge is 0.379 e. The summed E-state index contributed by atoms with van der Waals surface area (Å²) in [6, 6.07) is 5.30. The van der Waals surface area contributed by atoms with Crippen molar-refractivity contribution in [1.82, 2.24) is 0 Å². The van der Waals surface area contributed by atoms with E-state index in [1.54, 1.807) is 0 Å². The van der Waals surface area contributed by atoms with Crippen molar-refractivity contribution in [2.75, 3.05) is 5.33 Å². The number of rotatable bonds is 4. The van der Waals surface area contributed by atoms with Crippen molar-refractivity contribution in [1.29, 1.82) is 0 Å². The third-order valence-corrected chi connectivity index (χ3v) is 2.36. The summed E-state index contributed by atoms with van der Waals surface area (Å²) in [4.78, 5) is 10.3. The molecule has 0 amide bonds. The van der Waals surface area contributed by atoms with E-state index in [-0.39, 0.29) is 0 Å². The van der Waals surface area contributed by atoms with Gasteiger partial charge >= 0.3 is 11.9 Å². The average Bonchev–Trinajstić information content (AvgIpc) is 2.19. The lowest BCUT2D eigenvalue weighted by molar-refractivity contribution is -0.166. The van der Waals surface area contributed by atoms with Crippen LogP contribution in [0.5, 0.6) is 0 Å². The van der Waals surface area contributed by atoms with Gasteiger partial charge in [0.1, 0.15) is 0 Å². The van der Waals surface area contributed by atoms with Crippen LogP contribution in [0.4, 0.5) is 8.78 Å². The summed E-state index contributed by atoms with van der Waals surface area (Å²) in [5.74, 6) is -5.94. The highest BCUT2D eigenvalue weighted by Gasteiger charge is 2.40. The number of hydrogen-bond acceptors (Lipinski definition) is 1. The van der Waals surface area contributed by atoms with Gasteiger partial charge in [0.25, 0.3) is 0 Å². The Labute approximate surface area is 94.0 Å². The van der Waals surface area contributed by atoms with E-state index >= 15 is 0 Å². The fourth-order valence-electron chi connectivity index (χ4n) is 1.11. The third-order valence-electron chi connectivity index (χ3n) is 1.97. The van der Waals surface area contributed by atoms with Crippen molar-refractivity contribution >= 4 is 21.9 Å². The molecule has 0 atom stereocenters. The number of carboxylic acid groups (broad SMARTS) is 1. The molecule has 1 aromatic carbocycles. The van der Waals surface area contributed by atoms with E-state index in [0.29, 0.717) is 0 Å². The second-order valence-corrected chi connectivity index (χ2v) is 3.81. The van der Waals surface area contributed by atoms with Gasteiger partial charge in [-0.3, -0.25) is 0 Å². The molecule has 0 spiro atoms. The minimum atomic E-state index is -3.81. The van der Waals surface area contributed by atoms with Gasteiger partial charge in [-0.05, 0) is 12.0 Å². The lowest BCUT2D eigenvalue weighted by Crippen LogP contribution is -2.25. The predicted molar refractivity (Wildman–Crippen MR) is 55.5 cm³/mol. The maximum atomic E-state index is 13.0. The first-order chi connectivity index (χ1) is 6.98. The van der Waals surface area contributed by atoms with Crippen molar-refractivity contribution in [2.24, 2.45) is 0 Å². The zero-order valence-corrected chi connectivity index (χ0v) is 9.30. The fourth-order valence-corrected chi connectivity index (χ4v) is 1.57. The molecule has 0 aliphatic rings. The Balaban J connectivity index is 2.93. The number of aliphatic carboxylic acids is 1. The number of aryl methyl sites for hydroxylation is 1. The Bertz CT molecular complexity index is 349. The van der Waals surface area contributed by atoms with E-state index in [0.717, 1.165) is 29.4 Å². The standard InChI is InChI=1S/C10H9BrF2O2/c11-6-5-7-1-3-8(4-2-7)10(12,13)9(14)15/h1-4H,5-6H2,(H,14,15). The number of benzene rings is 1. The molecule has 2 nitrogen and oxygen atoms in total. The highest BCUT2D eigenvalue weighted by molar-refractivity contribution is 9.09. The summed E-state index contributed by atoms with van der Waals surface area (Å²) in [5, 5.41) is 9.05. The van der Waals surface area contributed by atoms with Gasteiger partial charge in [-0.15, -0.1) is 0 Å². The molecule has 0 unspecified atom stereocenters. The molecule has 0 aliphatic heterocycles. The SMILES string of the molecule is O=C(O)C(F)(F)c1ccc(CCBr)cc1. The molecule has 0 heterocycles. The van der Waals surface area contributed by atoms with Crippen molar-refractivity contribution in [3.8, 4) is 0 Å². The lowest BCUT2D eigenvalue weighted by atomic mass is 10.1. The summed E-state index contributed by atoms with van der Waals surface area (Å²) in [5.41, 5.74) is 0.394. The Kier molecular flexibility index (Phi) is 3.79. The molecule has 0 aliphatic carbocycles. The normalized spacial score (nSPS) is 11.4. The number of halogens is 3. The Hall–Kier alpha value is -0.970. The molecule has 1 aromatic rings. The molecular formula is C10H9BrF2O2. The topological polar surface area (TPSA) is 37.3 Å². The van der Waals surface area contributed by atoms with Crippen LogP contribution in [0, 0.1) is 0 Å². The van der Waals surface area contributed by atoms with Crippen molar-refractivity contribution in [3.63, 3.8) is 0 Å². The van der Waals surface area contributed by atoms with Crippen LogP contribution in [-0.4, -0.2) is 16.4 Å². The molecule has 0 saturated carbocycles. The van der Waals surface area contributed by atoms with E-state index in [9.17, 15) is 13.6 Å². The molecule has 82 valence electrons. The molecule has 0 aromatic heterocycles. The van der Waals surface area contributed by atoms with Gasteiger partial charge in [-0.25, -0.2) is 4.79 Å². The largest absolute Gasteiger partial charge is 0.477 e. The first kappa shape index (κ1) is 12.1. The lowest BCUT2D eigenvalue weighted by Gasteiger charge is -2.11. The summed E-state index contributed by atoms with van der Waals surface area (Å²) in [6.07, 6.45) is 0.721. The number of alkyl halides is 3. The summed E-state index contributed by atoms with van der Waals surface area (Å²) in [7, 11) is 0. The zero-order chi connectivity index (χ0) is 11.5.